The van der Waals surface area contributed by atoms with Gasteiger partial charge in [-0.2, -0.15) is 5.10 Å². The Labute approximate surface area is 224 Å². The summed E-state index contributed by atoms with van der Waals surface area (Å²) in [5.74, 6) is -0.389. The van der Waals surface area contributed by atoms with Crippen LogP contribution in [0.3, 0.4) is 0 Å². The van der Waals surface area contributed by atoms with Gasteiger partial charge in [-0.05, 0) is 100 Å². The smallest absolute Gasteiger partial charge is 0.271 e. The van der Waals surface area contributed by atoms with Gasteiger partial charge in [0.1, 0.15) is 0 Å². The van der Waals surface area contributed by atoms with Crippen LogP contribution in [-0.2, 0) is 10.0 Å². The van der Waals surface area contributed by atoms with Crippen LogP contribution in [0.15, 0.2) is 82.8 Å². The highest BCUT2D eigenvalue weighted by molar-refractivity contribution is 7.92. The topological polar surface area (TPSA) is 83.8 Å². The number of hydrazone groups is 1. The molecule has 38 heavy (non-hydrogen) atoms. The van der Waals surface area contributed by atoms with Crippen LogP contribution in [0.25, 0.3) is 5.69 Å². The Bertz CT molecular complexity index is 1600. The molecule has 1 aromatic heterocycles. The Morgan fingerprint density at radius 1 is 0.842 bits per heavy atom. The molecule has 3 aromatic carbocycles. The van der Waals surface area contributed by atoms with Crippen LogP contribution in [0, 0.1) is 34.6 Å². The van der Waals surface area contributed by atoms with Crippen molar-refractivity contribution >= 4 is 27.8 Å². The molecule has 0 aliphatic carbocycles. The Balaban J connectivity index is 1.46. The highest BCUT2D eigenvalue weighted by atomic mass is 32.2. The molecular weight excluding hydrogens is 496 g/mol. The molecule has 0 fully saturated rings. The third kappa shape index (κ3) is 5.55. The second-order valence-corrected chi connectivity index (χ2v) is 11.5. The minimum Gasteiger partial charge on any atom is -0.318 e. The van der Waals surface area contributed by atoms with Crippen LogP contribution >= 0.6 is 0 Å². The molecule has 8 heteroatoms. The zero-order chi connectivity index (χ0) is 27.6. The van der Waals surface area contributed by atoms with E-state index in [4.69, 9.17) is 0 Å². The summed E-state index contributed by atoms with van der Waals surface area (Å²) >= 11 is 0. The monoisotopic (exact) mass is 528 g/mol. The molecule has 0 saturated heterocycles. The van der Waals surface area contributed by atoms with E-state index in [1.54, 1.807) is 54.7 Å². The van der Waals surface area contributed by atoms with Crippen molar-refractivity contribution in [1.82, 2.24) is 9.99 Å². The molecule has 1 N–H and O–H groups in total. The first kappa shape index (κ1) is 26.9. The summed E-state index contributed by atoms with van der Waals surface area (Å²) in [7, 11) is -2.22. The van der Waals surface area contributed by atoms with Gasteiger partial charge in [-0.1, -0.05) is 23.8 Å². The molecule has 0 bridgehead atoms. The SMILES string of the molecule is Cc1ccc(S(=O)(=O)N(C)c2ccc(C(=O)N/N=C\c3cc(C)n(-c4cc(C)cc(C)c4)c3C)cc2)cc1. The average molecular weight is 529 g/mol. The van der Waals surface area contributed by atoms with Crippen molar-refractivity contribution in [3.8, 4) is 5.69 Å². The highest BCUT2D eigenvalue weighted by Gasteiger charge is 2.21. The minimum atomic E-state index is -3.71. The number of anilines is 1. The van der Waals surface area contributed by atoms with E-state index >= 15 is 0 Å². The third-order valence-electron chi connectivity index (χ3n) is 6.48. The van der Waals surface area contributed by atoms with E-state index in [1.807, 2.05) is 26.8 Å². The number of benzene rings is 3. The number of amides is 1. The van der Waals surface area contributed by atoms with Crippen molar-refractivity contribution in [2.75, 3.05) is 11.4 Å². The van der Waals surface area contributed by atoms with Crippen LogP contribution in [0.1, 0.15) is 44.0 Å². The van der Waals surface area contributed by atoms with E-state index in [2.05, 4.69) is 47.1 Å². The second kappa shape index (κ2) is 10.7. The van der Waals surface area contributed by atoms with Gasteiger partial charge in [0.2, 0.25) is 0 Å². The molecule has 4 aromatic rings. The lowest BCUT2D eigenvalue weighted by molar-refractivity contribution is 0.0955. The Hall–Kier alpha value is -4.17. The third-order valence-corrected chi connectivity index (χ3v) is 8.28. The second-order valence-electron chi connectivity index (χ2n) is 9.54. The van der Waals surface area contributed by atoms with Gasteiger partial charge in [-0.25, -0.2) is 13.8 Å². The fraction of sp³-hybridized carbons (Fsp3) is 0.200. The zero-order valence-corrected chi connectivity index (χ0v) is 23.3. The molecule has 0 radical (unpaired) electrons. The summed E-state index contributed by atoms with van der Waals surface area (Å²) in [5, 5.41) is 4.16. The van der Waals surface area contributed by atoms with Gasteiger partial charge >= 0.3 is 0 Å². The van der Waals surface area contributed by atoms with Crippen LogP contribution in [0.4, 0.5) is 5.69 Å². The van der Waals surface area contributed by atoms with Crippen molar-refractivity contribution in [2.24, 2.45) is 5.10 Å². The summed E-state index contributed by atoms with van der Waals surface area (Å²) in [6.07, 6.45) is 1.63. The van der Waals surface area contributed by atoms with Crippen LogP contribution in [-0.4, -0.2) is 32.2 Å². The molecule has 0 saturated carbocycles. The lowest BCUT2D eigenvalue weighted by Crippen LogP contribution is -2.26. The number of carbonyl (C=O) groups excluding carboxylic acids is 1. The normalized spacial score (nSPS) is 11.6. The van der Waals surface area contributed by atoms with Crippen LogP contribution in [0.5, 0.6) is 0 Å². The minimum absolute atomic E-state index is 0.207. The Morgan fingerprint density at radius 2 is 1.45 bits per heavy atom. The number of hydrogen-bond donors (Lipinski definition) is 1. The van der Waals surface area contributed by atoms with Gasteiger partial charge in [-0.3, -0.25) is 9.10 Å². The number of nitrogens with zero attached hydrogens (tertiary/aromatic N) is 3. The maximum absolute atomic E-state index is 12.9. The molecule has 0 aliphatic heterocycles. The average Bonchev–Trinajstić information content (AvgIpc) is 3.15. The zero-order valence-electron chi connectivity index (χ0n) is 22.5. The van der Waals surface area contributed by atoms with E-state index in [1.165, 1.54) is 22.5 Å². The predicted octanol–water partition coefficient (Wildman–Crippen LogP) is 5.61. The number of carbonyl (C=O) groups is 1. The number of nitrogens with one attached hydrogen (secondary N) is 1. The quantitative estimate of drug-likeness (QED) is 0.250. The van der Waals surface area contributed by atoms with E-state index in [-0.39, 0.29) is 10.8 Å². The number of hydrogen-bond acceptors (Lipinski definition) is 4. The molecule has 4 rings (SSSR count). The summed E-state index contributed by atoms with van der Waals surface area (Å²) in [6.45, 7) is 10.1. The first-order chi connectivity index (χ1) is 18.0. The van der Waals surface area contributed by atoms with Gasteiger partial charge < -0.3 is 4.57 Å². The van der Waals surface area contributed by atoms with Gasteiger partial charge in [0, 0.05) is 35.2 Å². The highest BCUT2D eigenvalue weighted by Crippen LogP contribution is 2.24. The van der Waals surface area contributed by atoms with Gasteiger partial charge in [0.25, 0.3) is 15.9 Å². The van der Waals surface area contributed by atoms with E-state index in [0.29, 0.717) is 11.3 Å². The molecule has 7 nitrogen and oxygen atoms in total. The first-order valence-corrected chi connectivity index (χ1v) is 13.7. The molecular formula is C30H32N4O3S. The van der Waals surface area contributed by atoms with Crippen LogP contribution in [0.2, 0.25) is 0 Å². The predicted molar refractivity (Wildman–Crippen MR) is 153 cm³/mol. The molecule has 0 unspecified atom stereocenters. The van der Waals surface area contributed by atoms with Crippen molar-refractivity contribution < 1.29 is 13.2 Å². The summed E-state index contributed by atoms with van der Waals surface area (Å²) in [6, 6.07) is 21.5. The summed E-state index contributed by atoms with van der Waals surface area (Å²) in [5.41, 5.74) is 10.8. The largest absolute Gasteiger partial charge is 0.318 e. The summed E-state index contributed by atoms with van der Waals surface area (Å²) in [4.78, 5) is 12.9. The molecule has 1 amide bonds. The van der Waals surface area contributed by atoms with Crippen molar-refractivity contribution in [1.29, 1.82) is 0 Å². The van der Waals surface area contributed by atoms with Crippen molar-refractivity contribution in [3.05, 3.63) is 112 Å². The number of sulfonamides is 1. The molecule has 196 valence electrons. The van der Waals surface area contributed by atoms with E-state index in [0.717, 1.165) is 28.2 Å². The molecule has 1 heterocycles. The number of rotatable bonds is 7. The van der Waals surface area contributed by atoms with E-state index < -0.39 is 10.0 Å². The van der Waals surface area contributed by atoms with Crippen LogP contribution < -0.4 is 9.73 Å². The van der Waals surface area contributed by atoms with Gasteiger partial charge in [-0.15, -0.1) is 0 Å². The molecule has 0 aliphatic rings. The maximum atomic E-state index is 12.9. The van der Waals surface area contributed by atoms with Gasteiger partial charge in [0.05, 0.1) is 16.8 Å². The van der Waals surface area contributed by atoms with Crippen molar-refractivity contribution in [2.45, 2.75) is 39.5 Å². The maximum Gasteiger partial charge on any atom is 0.271 e. The summed E-state index contributed by atoms with van der Waals surface area (Å²) < 4.78 is 29.2. The Kier molecular flexibility index (Phi) is 7.55. The molecule has 0 spiro atoms. The standard InChI is InChI=1S/C30H32N4O3S/c1-20-7-13-29(14-8-20)38(36,37)33(6)27-11-9-25(10-12-27)30(35)32-31-19-26-18-23(4)34(24(26)5)28-16-21(2)15-22(3)17-28/h7-19H,1-6H3,(H,32,35)/b31-19-. The van der Waals surface area contributed by atoms with E-state index in [9.17, 15) is 13.2 Å². The Morgan fingerprint density at radius 3 is 2.05 bits per heavy atom. The lowest BCUT2D eigenvalue weighted by Gasteiger charge is -2.19. The van der Waals surface area contributed by atoms with Gasteiger partial charge in [0.15, 0.2) is 0 Å². The fourth-order valence-electron chi connectivity index (χ4n) is 4.45. The lowest BCUT2D eigenvalue weighted by atomic mass is 10.1. The van der Waals surface area contributed by atoms with Crippen molar-refractivity contribution in [3.63, 3.8) is 0 Å². The fourth-order valence-corrected chi connectivity index (χ4v) is 5.65. The molecule has 0 atom stereocenters. The number of aromatic nitrogens is 1. The number of aryl methyl sites for hydroxylation is 4. The first-order valence-electron chi connectivity index (χ1n) is 12.2.